The SMILES string of the molecule is COc1cccc(C(=O)NC(C)(C=O)C(C)C)c1C.COc1cccc(C(=O)NC(C)(CO)C(C)C)c1C. The molecule has 2 unspecified atom stereocenters. The van der Waals surface area contributed by atoms with Crippen LogP contribution in [0.15, 0.2) is 36.4 Å². The van der Waals surface area contributed by atoms with Gasteiger partial charge in [-0.15, -0.1) is 0 Å². The van der Waals surface area contributed by atoms with Crippen molar-refractivity contribution in [3.63, 3.8) is 0 Å². The van der Waals surface area contributed by atoms with Crippen LogP contribution in [0.5, 0.6) is 11.5 Å². The lowest BCUT2D eigenvalue weighted by Crippen LogP contribution is -2.52. The van der Waals surface area contributed by atoms with Gasteiger partial charge in [0.15, 0.2) is 0 Å². The fourth-order valence-electron chi connectivity index (χ4n) is 3.48. The van der Waals surface area contributed by atoms with Crippen molar-refractivity contribution >= 4 is 18.1 Å². The highest BCUT2D eigenvalue weighted by atomic mass is 16.5. The number of hydrogen-bond acceptors (Lipinski definition) is 6. The number of aliphatic hydroxyl groups is 1. The van der Waals surface area contributed by atoms with Crippen LogP contribution in [-0.2, 0) is 4.79 Å². The van der Waals surface area contributed by atoms with E-state index >= 15 is 0 Å². The number of amides is 2. The zero-order valence-electron chi connectivity index (χ0n) is 24.4. The molecule has 0 aliphatic heterocycles. The Balaban J connectivity index is 0.000000380. The Kier molecular flexibility index (Phi) is 12.0. The first-order chi connectivity index (χ1) is 17.7. The maximum absolute atomic E-state index is 12.3. The average Bonchev–Trinajstić information content (AvgIpc) is 2.88. The molecule has 0 radical (unpaired) electrons. The van der Waals surface area contributed by atoms with E-state index in [-0.39, 0.29) is 30.3 Å². The van der Waals surface area contributed by atoms with Crippen LogP contribution < -0.4 is 20.1 Å². The van der Waals surface area contributed by atoms with E-state index in [0.717, 1.165) is 17.4 Å². The van der Waals surface area contributed by atoms with Gasteiger partial charge in [-0.25, -0.2) is 0 Å². The fourth-order valence-corrected chi connectivity index (χ4v) is 3.48. The minimum absolute atomic E-state index is 0.0138. The highest BCUT2D eigenvalue weighted by molar-refractivity contribution is 5.98. The number of hydrogen-bond donors (Lipinski definition) is 3. The predicted molar refractivity (Wildman–Crippen MR) is 150 cm³/mol. The Bertz CT molecular complexity index is 1110. The lowest BCUT2D eigenvalue weighted by Gasteiger charge is -2.33. The first kappa shape index (κ1) is 32.6. The summed E-state index contributed by atoms with van der Waals surface area (Å²) in [6.45, 7) is 14.9. The standard InChI is InChI=1S/C15H23NO3.C15H21NO3/c2*1-10(2)15(4,9-17)16-14(18)12-7-6-8-13(19-5)11(12)3/h6-8,10,17H,9H2,1-5H3,(H,16,18);6-10H,1-5H3,(H,16,18). The second kappa shape index (κ2) is 14.0. The molecule has 0 heterocycles. The summed E-state index contributed by atoms with van der Waals surface area (Å²) in [6.07, 6.45) is 0.783. The van der Waals surface area contributed by atoms with Crippen LogP contribution in [0.1, 0.15) is 73.4 Å². The molecule has 0 saturated carbocycles. The van der Waals surface area contributed by atoms with Crippen LogP contribution in [0, 0.1) is 25.7 Å². The number of carbonyl (C=O) groups is 3. The highest BCUT2D eigenvalue weighted by Crippen LogP contribution is 2.24. The third kappa shape index (κ3) is 7.81. The third-order valence-electron chi connectivity index (χ3n) is 7.33. The van der Waals surface area contributed by atoms with Crippen LogP contribution in [0.4, 0.5) is 0 Å². The molecule has 0 aromatic heterocycles. The van der Waals surface area contributed by atoms with Gasteiger partial charge < -0.3 is 30.0 Å². The zero-order valence-corrected chi connectivity index (χ0v) is 24.4. The topological polar surface area (TPSA) is 114 Å². The molecule has 8 nitrogen and oxygen atoms in total. The van der Waals surface area contributed by atoms with Gasteiger partial charge in [-0.05, 0) is 63.8 Å². The lowest BCUT2D eigenvalue weighted by atomic mass is 9.89. The molecule has 0 saturated heterocycles. The quantitative estimate of drug-likeness (QED) is 0.392. The predicted octanol–water partition coefficient (Wildman–Crippen LogP) is 4.49. The Hall–Kier alpha value is -3.39. The zero-order chi connectivity index (χ0) is 29.3. The van der Waals surface area contributed by atoms with Crippen LogP contribution >= 0.6 is 0 Å². The lowest BCUT2D eigenvalue weighted by molar-refractivity contribution is -0.114. The molecule has 3 N–H and O–H groups in total. The van der Waals surface area contributed by atoms with Crippen molar-refractivity contribution in [1.29, 1.82) is 0 Å². The summed E-state index contributed by atoms with van der Waals surface area (Å²) in [5, 5.41) is 15.2. The summed E-state index contributed by atoms with van der Waals surface area (Å²) >= 11 is 0. The summed E-state index contributed by atoms with van der Waals surface area (Å²) in [5.74, 6) is 1.03. The van der Waals surface area contributed by atoms with Crippen molar-refractivity contribution in [3.05, 3.63) is 58.7 Å². The second-order valence-electron chi connectivity index (χ2n) is 10.5. The van der Waals surface area contributed by atoms with Crippen molar-refractivity contribution in [2.45, 2.75) is 66.5 Å². The number of aliphatic hydroxyl groups excluding tert-OH is 1. The molecule has 2 aromatic carbocycles. The summed E-state index contributed by atoms with van der Waals surface area (Å²) in [5.41, 5.74) is 1.15. The minimum atomic E-state index is -0.868. The number of ether oxygens (including phenoxy) is 2. The molecule has 2 amide bonds. The minimum Gasteiger partial charge on any atom is -0.496 e. The maximum Gasteiger partial charge on any atom is 0.252 e. The van der Waals surface area contributed by atoms with Crippen LogP contribution in [0.3, 0.4) is 0 Å². The van der Waals surface area contributed by atoms with Crippen molar-refractivity contribution in [3.8, 4) is 11.5 Å². The molecular weight excluding hydrogens is 484 g/mol. The van der Waals surface area contributed by atoms with Gasteiger partial charge in [0.25, 0.3) is 11.8 Å². The van der Waals surface area contributed by atoms with Crippen LogP contribution in [-0.4, -0.2) is 55.1 Å². The Morgan fingerprint density at radius 1 is 0.842 bits per heavy atom. The summed E-state index contributed by atoms with van der Waals surface area (Å²) in [6, 6.07) is 10.6. The van der Waals surface area contributed by atoms with Gasteiger partial charge in [-0.1, -0.05) is 39.8 Å². The first-order valence-corrected chi connectivity index (χ1v) is 12.7. The molecule has 38 heavy (non-hydrogen) atoms. The Morgan fingerprint density at radius 3 is 1.58 bits per heavy atom. The largest absolute Gasteiger partial charge is 0.496 e. The van der Waals surface area contributed by atoms with Gasteiger partial charge >= 0.3 is 0 Å². The number of aldehydes is 1. The van der Waals surface area contributed by atoms with E-state index in [9.17, 15) is 19.5 Å². The Labute approximate surface area is 227 Å². The first-order valence-electron chi connectivity index (χ1n) is 12.7. The third-order valence-corrected chi connectivity index (χ3v) is 7.33. The molecule has 8 heteroatoms. The number of carbonyl (C=O) groups excluding carboxylic acids is 3. The average molecular weight is 529 g/mol. The van der Waals surface area contributed by atoms with E-state index in [1.165, 1.54) is 0 Å². The molecule has 0 fully saturated rings. The molecule has 0 spiro atoms. The summed E-state index contributed by atoms with van der Waals surface area (Å²) in [4.78, 5) is 35.8. The van der Waals surface area contributed by atoms with E-state index < -0.39 is 11.1 Å². The van der Waals surface area contributed by atoms with Crippen molar-refractivity contribution < 1.29 is 29.0 Å². The molecular formula is C30H44N2O6. The molecule has 0 bridgehead atoms. The van der Waals surface area contributed by atoms with Crippen molar-refractivity contribution in [2.75, 3.05) is 20.8 Å². The fraction of sp³-hybridized carbons (Fsp3) is 0.500. The maximum atomic E-state index is 12.3. The van der Waals surface area contributed by atoms with Gasteiger partial charge in [-0.3, -0.25) is 9.59 Å². The molecule has 2 atom stereocenters. The smallest absolute Gasteiger partial charge is 0.252 e. The van der Waals surface area contributed by atoms with E-state index in [4.69, 9.17) is 9.47 Å². The summed E-state index contributed by atoms with van der Waals surface area (Å²) < 4.78 is 10.4. The molecule has 2 rings (SSSR count). The molecule has 210 valence electrons. The normalized spacial score (nSPS) is 13.9. The van der Waals surface area contributed by atoms with E-state index in [2.05, 4.69) is 10.6 Å². The monoisotopic (exact) mass is 528 g/mol. The van der Waals surface area contributed by atoms with Gasteiger partial charge in [0.05, 0.1) is 31.9 Å². The van der Waals surface area contributed by atoms with Crippen LogP contribution in [0.25, 0.3) is 0 Å². The van der Waals surface area contributed by atoms with E-state index in [0.29, 0.717) is 22.6 Å². The molecule has 0 aliphatic carbocycles. The van der Waals surface area contributed by atoms with Crippen molar-refractivity contribution in [1.82, 2.24) is 10.6 Å². The Morgan fingerprint density at radius 2 is 1.26 bits per heavy atom. The second-order valence-corrected chi connectivity index (χ2v) is 10.5. The van der Waals surface area contributed by atoms with Gasteiger partial charge in [-0.2, -0.15) is 0 Å². The van der Waals surface area contributed by atoms with E-state index in [1.54, 1.807) is 51.5 Å². The summed E-state index contributed by atoms with van der Waals surface area (Å²) in [7, 11) is 3.14. The van der Waals surface area contributed by atoms with Gasteiger partial charge in [0.1, 0.15) is 17.8 Å². The van der Waals surface area contributed by atoms with Crippen molar-refractivity contribution in [2.24, 2.45) is 11.8 Å². The highest BCUT2D eigenvalue weighted by Gasteiger charge is 2.31. The number of benzene rings is 2. The van der Waals surface area contributed by atoms with Gasteiger partial charge in [0, 0.05) is 22.3 Å². The molecule has 0 aliphatic rings. The van der Waals surface area contributed by atoms with Crippen LogP contribution in [0.2, 0.25) is 0 Å². The number of methoxy groups -OCH3 is 2. The number of nitrogens with one attached hydrogen (secondary N) is 2. The van der Waals surface area contributed by atoms with E-state index in [1.807, 2.05) is 54.5 Å². The molecule has 2 aromatic rings. The van der Waals surface area contributed by atoms with Gasteiger partial charge in [0.2, 0.25) is 0 Å². The number of rotatable bonds is 10.